The van der Waals surface area contributed by atoms with Crippen molar-refractivity contribution in [3.63, 3.8) is 0 Å². The summed E-state index contributed by atoms with van der Waals surface area (Å²) < 4.78 is 15.6. The molecular formula is C23H27ClN4O3S. The fourth-order valence-electron chi connectivity index (χ4n) is 3.86. The van der Waals surface area contributed by atoms with E-state index in [4.69, 9.17) is 21.1 Å². The minimum atomic E-state index is 0.0820. The minimum absolute atomic E-state index is 0.0820. The Balaban J connectivity index is 1.37. The number of hydrogen-bond acceptors (Lipinski definition) is 6. The maximum absolute atomic E-state index is 12.9. The van der Waals surface area contributed by atoms with Gasteiger partial charge in [-0.25, -0.2) is 0 Å². The van der Waals surface area contributed by atoms with Crippen molar-refractivity contribution in [1.82, 2.24) is 19.3 Å². The maximum atomic E-state index is 12.9. The zero-order chi connectivity index (χ0) is 22.7. The highest BCUT2D eigenvalue weighted by atomic mass is 35.5. The quantitative estimate of drug-likeness (QED) is 0.333. The molecule has 1 atom stereocenters. The van der Waals surface area contributed by atoms with Crippen LogP contribution in [-0.2, 0) is 24.9 Å². The highest BCUT2D eigenvalue weighted by Crippen LogP contribution is 2.25. The summed E-state index contributed by atoms with van der Waals surface area (Å²) >= 11 is 7.51. The number of aromatic nitrogens is 4. The van der Waals surface area contributed by atoms with Crippen LogP contribution in [0.4, 0.5) is 0 Å². The van der Waals surface area contributed by atoms with Crippen LogP contribution in [0, 0.1) is 13.8 Å². The number of Topliss-reactive ketones (excluding diaryl/α,β-unsaturated/α-hetero) is 1. The van der Waals surface area contributed by atoms with Crippen LogP contribution in [0.3, 0.4) is 0 Å². The van der Waals surface area contributed by atoms with Gasteiger partial charge in [0.15, 0.2) is 16.8 Å². The van der Waals surface area contributed by atoms with E-state index < -0.39 is 0 Å². The van der Waals surface area contributed by atoms with E-state index in [1.807, 2.05) is 49.7 Å². The molecule has 0 aliphatic carbocycles. The van der Waals surface area contributed by atoms with Gasteiger partial charge in [-0.15, -0.1) is 10.2 Å². The van der Waals surface area contributed by atoms with Crippen molar-refractivity contribution in [2.45, 2.75) is 51.1 Å². The summed E-state index contributed by atoms with van der Waals surface area (Å²) in [4.78, 5) is 12.9. The van der Waals surface area contributed by atoms with E-state index in [2.05, 4.69) is 14.8 Å². The molecule has 1 aliphatic rings. The molecule has 32 heavy (non-hydrogen) atoms. The van der Waals surface area contributed by atoms with Crippen LogP contribution in [0.1, 0.15) is 40.4 Å². The molecule has 3 heterocycles. The number of carbonyl (C=O) groups excluding carboxylic acids is 1. The molecule has 1 fully saturated rings. The van der Waals surface area contributed by atoms with Crippen molar-refractivity contribution in [3.8, 4) is 5.75 Å². The number of para-hydroxylation sites is 1. The van der Waals surface area contributed by atoms with Gasteiger partial charge < -0.3 is 18.6 Å². The molecule has 1 unspecified atom stereocenters. The molecule has 1 aromatic carbocycles. The van der Waals surface area contributed by atoms with Crippen LogP contribution < -0.4 is 4.74 Å². The van der Waals surface area contributed by atoms with Gasteiger partial charge in [-0.3, -0.25) is 4.79 Å². The second kappa shape index (κ2) is 10.1. The van der Waals surface area contributed by atoms with Crippen LogP contribution >= 0.6 is 23.4 Å². The lowest BCUT2D eigenvalue weighted by Gasteiger charge is -2.14. The molecule has 7 nitrogen and oxygen atoms in total. The van der Waals surface area contributed by atoms with Crippen molar-refractivity contribution in [2.75, 3.05) is 12.4 Å². The second-order valence-corrected chi connectivity index (χ2v) is 9.27. The number of carbonyl (C=O) groups is 1. The Morgan fingerprint density at radius 3 is 2.88 bits per heavy atom. The summed E-state index contributed by atoms with van der Waals surface area (Å²) in [6.45, 7) is 5.92. The third-order valence-corrected chi connectivity index (χ3v) is 7.07. The summed E-state index contributed by atoms with van der Waals surface area (Å²) in [6.07, 6.45) is 2.42. The summed E-state index contributed by atoms with van der Waals surface area (Å²) in [6, 6.07) is 9.28. The van der Waals surface area contributed by atoms with Crippen molar-refractivity contribution in [2.24, 2.45) is 7.05 Å². The molecule has 0 spiro atoms. The van der Waals surface area contributed by atoms with E-state index in [9.17, 15) is 4.79 Å². The van der Waals surface area contributed by atoms with E-state index in [0.717, 1.165) is 42.9 Å². The van der Waals surface area contributed by atoms with Crippen LogP contribution in [0.5, 0.6) is 5.75 Å². The van der Waals surface area contributed by atoms with Gasteiger partial charge in [0.2, 0.25) is 0 Å². The maximum Gasteiger partial charge on any atom is 0.191 e. The lowest BCUT2D eigenvalue weighted by Crippen LogP contribution is -2.17. The molecule has 0 bridgehead atoms. The molecule has 2 aromatic heterocycles. The fraction of sp³-hybridized carbons (Fsp3) is 0.435. The first-order valence-corrected chi connectivity index (χ1v) is 12.0. The van der Waals surface area contributed by atoms with Crippen molar-refractivity contribution in [1.29, 1.82) is 0 Å². The molecule has 0 radical (unpaired) electrons. The van der Waals surface area contributed by atoms with Gasteiger partial charge in [-0.1, -0.05) is 35.5 Å². The summed E-state index contributed by atoms with van der Waals surface area (Å²) in [7, 11) is 1.87. The highest BCUT2D eigenvalue weighted by molar-refractivity contribution is 7.99. The first-order valence-electron chi connectivity index (χ1n) is 10.6. The van der Waals surface area contributed by atoms with E-state index >= 15 is 0 Å². The highest BCUT2D eigenvalue weighted by Gasteiger charge is 2.22. The number of hydrogen-bond donors (Lipinski definition) is 0. The van der Waals surface area contributed by atoms with Gasteiger partial charge in [0.05, 0.1) is 16.9 Å². The molecule has 1 aliphatic heterocycles. The van der Waals surface area contributed by atoms with E-state index in [1.165, 1.54) is 11.8 Å². The molecular weight excluding hydrogens is 448 g/mol. The topological polar surface area (TPSA) is 71.2 Å². The smallest absolute Gasteiger partial charge is 0.191 e. The Morgan fingerprint density at radius 1 is 1.31 bits per heavy atom. The Labute approximate surface area is 197 Å². The number of halogens is 1. The molecule has 1 saturated heterocycles. The second-order valence-electron chi connectivity index (χ2n) is 7.92. The molecule has 0 saturated carbocycles. The Morgan fingerprint density at radius 2 is 2.12 bits per heavy atom. The summed E-state index contributed by atoms with van der Waals surface area (Å²) in [5.41, 5.74) is 2.84. The van der Waals surface area contributed by atoms with E-state index in [0.29, 0.717) is 27.5 Å². The predicted octanol–water partition coefficient (Wildman–Crippen LogP) is 4.62. The zero-order valence-corrected chi connectivity index (χ0v) is 20.1. The summed E-state index contributed by atoms with van der Waals surface area (Å²) in [5, 5.41) is 9.64. The van der Waals surface area contributed by atoms with Crippen LogP contribution in [0.25, 0.3) is 0 Å². The van der Waals surface area contributed by atoms with E-state index in [1.54, 1.807) is 6.07 Å². The monoisotopic (exact) mass is 474 g/mol. The lowest BCUT2D eigenvalue weighted by atomic mass is 10.2. The van der Waals surface area contributed by atoms with E-state index in [-0.39, 0.29) is 18.5 Å². The molecule has 4 rings (SSSR count). The molecule has 170 valence electrons. The number of nitrogens with zero attached hydrogens (tertiary/aromatic N) is 4. The third-order valence-electron chi connectivity index (χ3n) is 5.74. The van der Waals surface area contributed by atoms with Crippen LogP contribution in [0.2, 0.25) is 5.02 Å². The first-order chi connectivity index (χ1) is 15.4. The molecule has 0 N–H and O–H groups in total. The fourth-order valence-corrected chi connectivity index (χ4v) is 4.87. The SMILES string of the molecule is Cc1cc(C(=O)CSc2nnc(COc3ccccc3Cl)n2C)c(C)n1CC1CCCO1. The Hall–Kier alpha value is -2.29. The number of ether oxygens (including phenoxy) is 2. The largest absolute Gasteiger partial charge is 0.484 e. The number of aryl methyl sites for hydroxylation is 1. The number of rotatable bonds is 9. The van der Waals surface area contributed by atoms with Crippen molar-refractivity contribution >= 4 is 29.1 Å². The summed E-state index contributed by atoms with van der Waals surface area (Å²) in [5.74, 6) is 1.63. The van der Waals surface area contributed by atoms with Gasteiger partial charge in [0, 0.05) is 37.2 Å². The minimum Gasteiger partial charge on any atom is -0.484 e. The third kappa shape index (κ3) is 5.03. The normalized spacial score (nSPS) is 15.9. The van der Waals surface area contributed by atoms with Crippen molar-refractivity contribution < 1.29 is 14.3 Å². The number of thioether (sulfide) groups is 1. The standard InChI is InChI=1S/C23H27ClN4O3S/c1-15-11-18(16(2)28(15)12-17-7-6-10-30-17)20(29)14-32-23-26-25-22(27(23)3)13-31-21-9-5-4-8-19(21)24/h4-5,8-9,11,17H,6-7,10,12-14H2,1-3H3. The van der Waals surface area contributed by atoms with Gasteiger partial charge >= 0.3 is 0 Å². The average Bonchev–Trinajstić information content (AvgIpc) is 3.49. The number of benzene rings is 1. The van der Waals surface area contributed by atoms with Gasteiger partial charge in [0.25, 0.3) is 0 Å². The lowest BCUT2D eigenvalue weighted by molar-refractivity contribution is 0.0957. The average molecular weight is 475 g/mol. The van der Waals surface area contributed by atoms with Crippen molar-refractivity contribution in [3.05, 3.63) is 58.1 Å². The van der Waals surface area contributed by atoms with Gasteiger partial charge in [0.1, 0.15) is 12.4 Å². The van der Waals surface area contributed by atoms with Gasteiger partial charge in [-0.05, 0) is 44.9 Å². The molecule has 9 heteroatoms. The molecule has 0 amide bonds. The Kier molecular flexibility index (Phi) is 7.23. The zero-order valence-electron chi connectivity index (χ0n) is 18.5. The first kappa shape index (κ1) is 22.9. The predicted molar refractivity (Wildman–Crippen MR) is 125 cm³/mol. The van der Waals surface area contributed by atoms with Crippen LogP contribution in [0.15, 0.2) is 35.5 Å². The number of ketones is 1. The van der Waals surface area contributed by atoms with Gasteiger partial charge in [-0.2, -0.15) is 0 Å². The Bertz CT molecular complexity index is 1100. The van der Waals surface area contributed by atoms with Crippen LogP contribution in [-0.4, -0.2) is 43.6 Å². The molecule has 3 aromatic rings.